The highest BCUT2D eigenvalue weighted by molar-refractivity contribution is 7.19. The Morgan fingerprint density at radius 3 is 2.86 bits per heavy atom. The van der Waals surface area contributed by atoms with Crippen LogP contribution >= 0.6 is 11.3 Å². The van der Waals surface area contributed by atoms with Crippen LogP contribution in [0.4, 0.5) is 11.4 Å². The lowest BCUT2D eigenvalue weighted by Gasteiger charge is -2.20. The molecule has 3 aromatic rings. The summed E-state index contributed by atoms with van der Waals surface area (Å²) >= 11 is 1.78. The molecule has 1 aliphatic rings. The average molecular weight is 404 g/mol. The first-order valence-corrected chi connectivity index (χ1v) is 10.1. The molecule has 3 N–H and O–H groups in total. The number of anilines is 2. The van der Waals surface area contributed by atoms with Crippen molar-refractivity contribution in [3.05, 3.63) is 89.8 Å². The molecule has 4 rings (SSSR count). The van der Waals surface area contributed by atoms with Gasteiger partial charge in [0.1, 0.15) is 17.3 Å². The van der Waals surface area contributed by atoms with Crippen molar-refractivity contribution in [2.75, 3.05) is 17.2 Å². The number of aryl methyl sites for hydroxylation is 1. The van der Waals surface area contributed by atoms with Crippen LogP contribution in [0.3, 0.4) is 0 Å². The van der Waals surface area contributed by atoms with Crippen LogP contribution in [0.25, 0.3) is 10.1 Å². The zero-order chi connectivity index (χ0) is 20.2. The van der Waals surface area contributed by atoms with Crippen molar-refractivity contribution < 1.29 is 9.53 Å². The molecule has 6 heteroatoms. The van der Waals surface area contributed by atoms with Crippen LogP contribution in [0.2, 0.25) is 0 Å². The molecule has 0 atom stereocenters. The maximum absolute atomic E-state index is 11.7. The molecular formula is C23H21N3O2S. The molecule has 0 fully saturated rings. The van der Waals surface area contributed by atoms with E-state index in [1.807, 2.05) is 42.5 Å². The van der Waals surface area contributed by atoms with Gasteiger partial charge in [0, 0.05) is 22.2 Å². The van der Waals surface area contributed by atoms with Gasteiger partial charge in [-0.05, 0) is 60.9 Å². The van der Waals surface area contributed by atoms with Crippen LogP contribution in [-0.4, -0.2) is 12.5 Å². The van der Waals surface area contributed by atoms with E-state index < -0.39 is 0 Å². The fourth-order valence-corrected chi connectivity index (χ4v) is 3.95. The van der Waals surface area contributed by atoms with Gasteiger partial charge in [-0.3, -0.25) is 4.79 Å². The molecule has 0 aliphatic carbocycles. The number of amides is 1. The molecule has 0 radical (unpaired) electrons. The maximum atomic E-state index is 11.7. The molecule has 2 heterocycles. The number of carbonyl (C=O) groups is 1. The number of fused-ring (bicyclic) bond motifs is 1. The van der Waals surface area contributed by atoms with E-state index in [2.05, 4.69) is 47.7 Å². The van der Waals surface area contributed by atoms with Gasteiger partial charge in [-0.15, -0.1) is 11.3 Å². The highest BCUT2D eigenvalue weighted by Gasteiger charge is 2.11. The van der Waals surface area contributed by atoms with Crippen LogP contribution in [-0.2, 0) is 4.79 Å². The Morgan fingerprint density at radius 2 is 2.03 bits per heavy atom. The molecule has 1 amide bonds. The molecule has 1 aliphatic heterocycles. The number of benzene rings is 2. The zero-order valence-corrected chi connectivity index (χ0v) is 16.8. The standard InChI is InChI=1S/C23H21N3O2S/c1-3-23(27)26-20-7-5-4-6-19(20)25-22-14-18(10-11-24-22)28-17-8-9-21-16(13-17)12-15(2)29-21/h3-10,12-14,24-25H,1,11H2,2H3,(H,26,27). The number of ether oxygens (including phenoxy) is 1. The van der Waals surface area contributed by atoms with Crippen molar-refractivity contribution in [1.29, 1.82) is 0 Å². The van der Waals surface area contributed by atoms with E-state index in [1.54, 1.807) is 11.3 Å². The average Bonchev–Trinajstić information content (AvgIpc) is 3.09. The summed E-state index contributed by atoms with van der Waals surface area (Å²) in [7, 11) is 0. The summed E-state index contributed by atoms with van der Waals surface area (Å²) in [6, 6.07) is 15.8. The number of hydrogen-bond acceptors (Lipinski definition) is 5. The minimum absolute atomic E-state index is 0.257. The third kappa shape index (κ3) is 4.50. The zero-order valence-electron chi connectivity index (χ0n) is 16.0. The number of thiophene rings is 1. The van der Waals surface area contributed by atoms with Crippen molar-refractivity contribution in [3.8, 4) is 5.75 Å². The molecule has 0 saturated carbocycles. The normalized spacial score (nSPS) is 13.1. The molecule has 0 bridgehead atoms. The van der Waals surface area contributed by atoms with Gasteiger partial charge in [0.15, 0.2) is 0 Å². The number of hydrogen-bond donors (Lipinski definition) is 3. The Kier molecular flexibility index (Phi) is 5.35. The van der Waals surface area contributed by atoms with Gasteiger partial charge in [0.2, 0.25) is 5.91 Å². The molecular weight excluding hydrogens is 382 g/mol. The van der Waals surface area contributed by atoms with Gasteiger partial charge >= 0.3 is 0 Å². The summed E-state index contributed by atoms with van der Waals surface area (Å²) in [5.41, 5.74) is 1.45. The first kappa shape index (κ1) is 18.8. The van der Waals surface area contributed by atoms with Crippen molar-refractivity contribution in [2.45, 2.75) is 6.92 Å². The Balaban J connectivity index is 1.50. The number of carbonyl (C=O) groups excluding carboxylic acids is 1. The largest absolute Gasteiger partial charge is 0.457 e. The van der Waals surface area contributed by atoms with Crippen molar-refractivity contribution in [2.24, 2.45) is 0 Å². The van der Waals surface area contributed by atoms with E-state index in [0.717, 1.165) is 23.0 Å². The Bertz CT molecular complexity index is 1140. The van der Waals surface area contributed by atoms with Crippen LogP contribution in [0.5, 0.6) is 5.75 Å². The quantitative estimate of drug-likeness (QED) is 0.498. The Labute approximate surface area is 173 Å². The first-order chi connectivity index (χ1) is 14.1. The summed E-state index contributed by atoms with van der Waals surface area (Å²) in [6.45, 7) is 6.23. The van der Waals surface area contributed by atoms with Gasteiger partial charge in [-0.25, -0.2) is 0 Å². The lowest BCUT2D eigenvalue weighted by Crippen LogP contribution is -2.24. The molecule has 0 unspecified atom stereocenters. The number of dihydropyridines is 1. The fourth-order valence-electron chi connectivity index (χ4n) is 3.05. The number of nitrogens with one attached hydrogen (secondary N) is 3. The van der Waals surface area contributed by atoms with Crippen LogP contribution in [0.15, 0.2) is 84.9 Å². The molecule has 0 saturated heterocycles. The third-order valence-corrected chi connectivity index (χ3v) is 5.40. The van der Waals surface area contributed by atoms with E-state index in [4.69, 9.17) is 4.74 Å². The molecule has 1 aromatic heterocycles. The van der Waals surface area contributed by atoms with E-state index in [1.165, 1.54) is 21.0 Å². The highest BCUT2D eigenvalue weighted by Crippen LogP contribution is 2.29. The lowest BCUT2D eigenvalue weighted by atomic mass is 10.2. The summed E-state index contributed by atoms with van der Waals surface area (Å²) in [6.07, 6.45) is 5.13. The predicted molar refractivity (Wildman–Crippen MR) is 120 cm³/mol. The summed E-state index contributed by atoms with van der Waals surface area (Å²) in [4.78, 5) is 12.9. The molecule has 146 valence electrons. The first-order valence-electron chi connectivity index (χ1n) is 9.24. The minimum atomic E-state index is -0.257. The summed E-state index contributed by atoms with van der Waals surface area (Å²) < 4.78 is 7.33. The monoisotopic (exact) mass is 403 g/mol. The SMILES string of the molecule is C=CC(=O)Nc1ccccc1NC1=CC(Oc2ccc3sc(C)cc3c2)=CCN1. The van der Waals surface area contributed by atoms with Crippen LogP contribution < -0.4 is 20.7 Å². The molecule has 2 aromatic carbocycles. The summed E-state index contributed by atoms with van der Waals surface area (Å²) in [5.74, 6) is 2.09. The van der Waals surface area contributed by atoms with Gasteiger partial charge < -0.3 is 20.7 Å². The number of para-hydroxylation sites is 2. The van der Waals surface area contributed by atoms with Gasteiger partial charge in [0.05, 0.1) is 11.4 Å². The molecule has 0 spiro atoms. The van der Waals surface area contributed by atoms with Crippen molar-refractivity contribution in [3.63, 3.8) is 0 Å². The van der Waals surface area contributed by atoms with Crippen LogP contribution in [0.1, 0.15) is 4.88 Å². The Morgan fingerprint density at radius 1 is 1.21 bits per heavy atom. The smallest absolute Gasteiger partial charge is 0.247 e. The predicted octanol–water partition coefficient (Wildman–Crippen LogP) is 5.15. The van der Waals surface area contributed by atoms with E-state index in [9.17, 15) is 4.79 Å². The van der Waals surface area contributed by atoms with E-state index in [0.29, 0.717) is 12.2 Å². The van der Waals surface area contributed by atoms with Gasteiger partial charge in [0.25, 0.3) is 0 Å². The van der Waals surface area contributed by atoms with Gasteiger partial charge in [-0.1, -0.05) is 18.7 Å². The topological polar surface area (TPSA) is 62.4 Å². The third-order valence-electron chi connectivity index (χ3n) is 4.37. The highest BCUT2D eigenvalue weighted by atomic mass is 32.1. The van der Waals surface area contributed by atoms with E-state index in [-0.39, 0.29) is 5.91 Å². The number of rotatable bonds is 6. The number of allylic oxidation sites excluding steroid dienone is 1. The van der Waals surface area contributed by atoms with Crippen molar-refractivity contribution >= 4 is 38.7 Å². The Hall–Kier alpha value is -3.51. The van der Waals surface area contributed by atoms with Crippen molar-refractivity contribution in [1.82, 2.24) is 5.32 Å². The fraction of sp³-hybridized carbons (Fsp3) is 0.0870. The van der Waals surface area contributed by atoms with E-state index >= 15 is 0 Å². The summed E-state index contributed by atoms with van der Waals surface area (Å²) in [5, 5.41) is 10.6. The second-order valence-corrected chi connectivity index (χ2v) is 7.86. The van der Waals surface area contributed by atoms with Gasteiger partial charge in [-0.2, -0.15) is 0 Å². The maximum Gasteiger partial charge on any atom is 0.247 e. The minimum Gasteiger partial charge on any atom is -0.457 e. The second kappa shape index (κ2) is 8.24. The molecule has 5 nitrogen and oxygen atoms in total. The van der Waals surface area contributed by atoms with Crippen LogP contribution in [0, 0.1) is 6.92 Å². The second-order valence-electron chi connectivity index (χ2n) is 6.57. The molecule has 29 heavy (non-hydrogen) atoms. The lowest BCUT2D eigenvalue weighted by molar-refractivity contribution is -0.111.